The minimum atomic E-state index is -2.86. The van der Waals surface area contributed by atoms with Crippen molar-refractivity contribution in [3.8, 4) is 28.0 Å². The summed E-state index contributed by atoms with van der Waals surface area (Å²) < 4.78 is 36.7. The summed E-state index contributed by atoms with van der Waals surface area (Å²) in [7, 11) is 0. The molecule has 4 heterocycles. The lowest BCUT2D eigenvalue weighted by Gasteiger charge is -2.11. The van der Waals surface area contributed by atoms with Crippen molar-refractivity contribution < 1.29 is 23.1 Å². The fourth-order valence-electron chi connectivity index (χ4n) is 5.01. The molecule has 0 fully saturated rings. The number of pyridine rings is 1. The number of anilines is 1. The maximum Gasteiger partial charge on any atom is 0.280 e. The molecule has 0 aliphatic heterocycles. The maximum atomic E-state index is 13.9. The molecule has 2 aromatic carbocycles. The Balaban J connectivity index is 1.27. The first-order valence-corrected chi connectivity index (χ1v) is 14.8. The number of carbonyl (C=O) groups is 2. The number of aryl methyl sites for hydroxylation is 1. The van der Waals surface area contributed by atoms with E-state index < -0.39 is 23.9 Å². The fraction of sp³-hybridized carbons (Fsp3) is 0.156. The van der Waals surface area contributed by atoms with Crippen molar-refractivity contribution in [1.29, 1.82) is 0 Å². The van der Waals surface area contributed by atoms with Crippen LogP contribution < -0.4 is 15.8 Å². The Bertz CT molecular complexity index is 2020. The molecule has 0 atom stereocenters. The highest BCUT2D eigenvalue weighted by Gasteiger charge is 2.27. The molecule has 228 valence electrons. The first-order valence-electron chi connectivity index (χ1n) is 13.9. The first kappa shape index (κ1) is 29.6. The van der Waals surface area contributed by atoms with Gasteiger partial charge in [-0.3, -0.25) is 14.3 Å². The normalized spacial score (nSPS) is 11.3. The molecule has 0 bridgehead atoms. The average molecular weight is 628 g/mol. The van der Waals surface area contributed by atoms with E-state index in [0.29, 0.717) is 28.8 Å². The summed E-state index contributed by atoms with van der Waals surface area (Å²) in [6, 6.07) is 20.3. The molecule has 6 aromatic rings. The molecular formula is C32H27F2N7O3S. The van der Waals surface area contributed by atoms with E-state index in [4.69, 9.17) is 10.5 Å². The number of rotatable bonds is 10. The number of benzene rings is 2. The summed E-state index contributed by atoms with van der Waals surface area (Å²) in [6.07, 6.45) is 0.283. The van der Waals surface area contributed by atoms with E-state index >= 15 is 0 Å². The second kappa shape index (κ2) is 12.3. The number of fused-ring (bicyclic) bond motifs is 1. The number of amides is 2. The van der Waals surface area contributed by atoms with Gasteiger partial charge in [0.1, 0.15) is 21.2 Å². The second-order valence-electron chi connectivity index (χ2n) is 10.1. The number of nitrogens with zero attached hydrogens (tertiary/aromatic N) is 5. The summed E-state index contributed by atoms with van der Waals surface area (Å²) in [6.45, 7) is 4.32. The number of thiophene rings is 1. The first-order chi connectivity index (χ1) is 21.7. The molecule has 6 rings (SSSR count). The molecule has 0 saturated carbocycles. The third-order valence-corrected chi connectivity index (χ3v) is 8.36. The Hall–Kier alpha value is -5.43. The van der Waals surface area contributed by atoms with Crippen molar-refractivity contribution in [2.24, 2.45) is 5.73 Å². The van der Waals surface area contributed by atoms with Gasteiger partial charge in [-0.2, -0.15) is 10.2 Å². The van der Waals surface area contributed by atoms with Crippen LogP contribution >= 0.6 is 11.3 Å². The number of nitrogens with one attached hydrogen (secondary N) is 1. The highest BCUT2D eigenvalue weighted by atomic mass is 32.1. The van der Waals surface area contributed by atoms with Crippen LogP contribution in [0.5, 0.6) is 5.75 Å². The molecule has 10 nitrogen and oxygen atoms in total. The summed E-state index contributed by atoms with van der Waals surface area (Å²) >= 11 is 0.832. The molecular weight excluding hydrogens is 600 g/mol. The lowest BCUT2D eigenvalue weighted by molar-refractivity contribution is 0.100. The minimum absolute atomic E-state index is 0.0271. The van der Waals surface area contributed by atoms with Gasteiger partial charge in [-0.05, 0) is 54.8 Å². The van der Waals surface area contributed by atoms with Crippen molar-refractivity contribution in [1.82, 2.24) is 24.5 Å². The number of primary amides is 1. The van der Waals surface area contributed by atoms with E-state index in [-0.39, 0.29) is 27.8 Å². The van der Waals surface area contributed by atoms with Gasteiger partial charge in [-0.1, -0.05) is 42.5 Å². The largest absolute Gasteiger partial charge is 0.471 e. The van der Waals surface area contributed by atoms with Crippen LogP contribution in [-0.2, 0) is 13.3 Å². The Labute approximate surface area is 260 Å². The Kier molecular flexibility index (Phi) is 8.09. The summed E-state index contributed by atoms with van der Waals surface area (Å²) in [5, 5.41) is 11.7. The Morgan fingerprint density at radius 1 is 1.04 bits per heavy atom. The third kappa shape index (κ3) is 5.89. The van der Waals surface area contributed by atoms with Crippen molar-refractivity contribution in [2.75, 3.05) is 5.32 Å². The van der Waals surface area contributed by atoms with Crippen LogP contribution in [0.1, 0.15) is 44.9 Å². The zero-order valence-corrected chi connectivity index (χ0v) is 25.0. The molecule has 0 saturated heterocycles. The Morgan fingerprint density at radius 2 is 1.78 bits per heavy atom. The SMILES string of the molecule is CCn1ncc(-c2cc(C(F)F)nc3sc(C(N)=O)c(NC(=O)c4ccn(COc5ccc(-c6ccccc6)cc5)n4)c23)c1C. The molecule has 4 aromatic heterocycles. The van der Waals surface area contributed by atoms with Crippen molar-refractivity contribution in [3.05, 3.63) is 101 Å². The van der Waals surface area contributed by atoms with E-state index in [0.717, 1.165) is 28.2 Å². The number of hydrogen-bond donors (Lipinski definition) is 2. The zero-order valence-electron chi connectivity index (χ0n) is 24.2. The predicted molar refractivity (Wildman–Crippen MR) is 167 cm³/mol. The van der Waals surface area contributed by atoms with Crippen molar-refractivity contribution >= 4 is 39.1 Å². The van der Waals surface area contributed by atoms with Crippen LogP contribution in [0.3, 0.4) is 0 Å². The van der Waals surface area contributed by atoms with Crippen LogP contribution in [0, 0.1) is 6.92 Å². The number of aromatic nitrogens is 5. The lowest BCUT2D eigenvalue weighted by atomic mass is 10.0. The molecule has 0 unspecified atom stereocenters. The summed E-state index contributed by atoms with van der Waals surface area (Å²) in [5.41, 5.74) is 9.10. The van der Waals surface area contributed by atoms with E-state index in [9.17, 15) is 18.4 Å². The topological polar surface area (TPSA) is 130 Å². The summed E-state index contributed by atoms with van der Waals surface area (Å²) in [5.74, 6) is -0.846. The quantitative estimate of drug-likeness (QED) is 0.174. The van der Waals surface area contributed by atoms with Gasteiger partial charge in [0.2, 0.25) is 0 Å². The number of nitrogens with two attached hydrogens (primary N) is 1. The highest BCUT2D eigenvalue weighted by molar-refractivity contribution is 7.21. The van der Waals surface area contributed by atoms with E-state index in [1.807, 2.05) is 68.4 Å². The number of carbonyl (C=O) groups excluding carboxylic acids is 2. The third-order valence-electron chi connectivity index (χ3n) is 7.26. The number of ether oxygens (including phenoxy) is 1. The predicted octanol–water partition coefficient (Wildman–Crippen LogP) is 6.68. The molecule has 0 aliphatic carbocycles. The van der Waals surface area contributed by atoms with E-state index in [2.05, 4.69) is 20.5 Å². The molecule has 0 spiro atoms. The standard InChI is InChI=1S/C32H27F2N7O3S/c1-3-41-18(2)23(16-36-41)22-15-25(29(33)34)37-32-26(22)27(28(45-32)30(35)42)38-31(43)24-13-14-40(39-24)17-44-21-11-9-20(10-12-21)19-7-5-4-6-8-19/h4-16,29H,3,17H2,1-2H3,(H2,35,42)(H,38,43). The lowest BCUT2D eigenvalue weighted by Crippen LogP contribution is -2.18. The molecule has 45 heavy (non-hydrogen) atoms. The van der Waals surface area contributed by atoms with Crippen LogP contribution in [0.15, 0.2) is 79.1 Å². The molecule has 0 radical (unpaired) electrons. The molecule has 2 amide bonds. The fourth-order valence-corrected chi connectivity index (χ4v) is 6.03. The van der Waals surface area contributed by atoms with Gasteiger partial charge >= 0.3 is 0 Å². The highest BCUT2D eigenvalue weighted by Crippen LogP contribution is 2.43. The summed E-state index contributed by atoms with van der Waals surface area (Å²) in [4.78, 5) is 30.1. The monoisotopic (exact) mass is 627 g/mol. The minimum Gasteiger partial charge on any atom is -0.471 e. The maximum absolute atomic E-state index is 13.9. The van der Waals surface area contributed by atoms with E-state index in [1.165, 1.54) is 16.8 Å². The van der Waals surface area contributed by atoms with Gasteiger partial charge < -0.3 is 15.8 Å². The molecule has 3 N–H and O–H groups in total. The molecule has 13 heteroatoms. The van der Waals surface area contributed by atoms with Gasteiger partial charge in [-0.15, -0.1) is 11.3 Å². The second-order valence-corrected chi connectivity index (χ2v) is 11.1. The van der Waals surface area contributed by atoms with Gasteiger partial charge in [0, 0.05) is 29.4 Å². The van der Waals surface area contributed by atoms with Crippen LogP contribution in [0.2, 0.25) is 0 Å². The van der Waals surface area contributed by atoms with Crippen molar-refractivity contribution in [3.63, 3.8) is 0 Å². The van der Waals surface area contributed by atoms with Gasteiger partial charge in [0.05, 0.1) is 11.9 Å². The molecule has 0 aliphatic rings. The zero-order chi connectivity index (χ0) is 31.7. The van der Waals surface area contributed by atoms with Gasteiger partial charge in [0.25, 0.3) is 18.2 Å². The smallest absolute Gasteiger partial charge is 0.280 e. The van der Waals surface area contributed by atoms with Gasteiger partial charge in [-0.25, -0.2) is 18.4 Å². The van der Waals surface area contributed by atoms with Crippen LogP contribution in [-0.4, -0.2) is 36.4 Å². The Morgan fingerprint density at radius 3 is 2.44 bits per heavy atom. The van der Waals surface area contributed by atoms with Crippen molar-refractivity contribution in [2.45, 2.75) is 33.5 Å². The van der Waals surface area contributed by atoms with E-state index in [1.54, 1.807) is 17.1 Å². The van der Waals surface area contributed by atoms with Crippen LogP contribution in [0.4, 0.5) is 14.5 Å². The number of alkyl halides is 2. The number of hydrogen-bond acceptors (Lipinski definition) is 7. The number of halogens is 2. The average Bonchev–Trinajstić information content (AvgIpc) is 3.77. The van der Waals surface area contributed by atoms with Gasteiger partial charge in [0.15, 0.2) is 12.4 Å². The van der Waals surface area contributed by atoms with Crippen LogP contribution in [0.25, 0.3) is 32.5 Å².